The van der Waals surface area contributed by atoms with Crippen molar-refractivity contribution in [2.45, 2.75) is 58.0 Å². The first kappa shape index (κ1) is 30.2. The lowest BCUT2D eigenvalue weighted by molar-refractivity contribution is -0.109. The first-order chi connectivity index (χ1) is 17.8. The minimum Gasteiger partial charge on any atom is -0.444 e. The summed E-state index contributed by atoms with van der Waals surface area (Å²) in [5.41, 5.74) is 1.10. The van der Waals surface area contributed by atoms with Gasteiger partial charge in [-0.25, -0.2) is 4.79 Å². The number of hydrogen-bond acceptors (Lipinski definition) is 8. The number of benzene rings is 1. The number of carbonyl (C=O) groups excluding carboxylic acids is 1. The molecule has 0 bridgehead atoms. The fourth-order valence-electron chi connectivity index (χ4n) is 4.34. The van der Waals surface area contributed by atoms with E-state index in [0.717, 1.165) is 20.4 Å². The molecule has 0 radical (unpaired) electrons. The van der Waals surface area contributed by atoms with Gasteiger partial charge in [0.25, 0.3) is 0 Å². The van der Waals surface area contributed by atoms with E-state index in [2.05, 4.69) is 10.4 Å². The number of amides is 1. The highest BCUT2D eigenvalue weighted by Gasteiger charge is 2.36. The van der Waals surface area contributed by atoms with Gasteiger partial charge in [-0.2, -0.15) is 17.8 Å². The zero-order valence-electron chi connectivity index (χ0n) is 23.0. The van der Waals surface area contributed by atoms with E-state index in [1.165, 1.54) is 28.3 Å². The van der Waals surface area contributed by atoms with Crippen molar-refractivity contribution in [2.75, 3.05) is 46.3 Å². The second kappa shape index (κ2) is 12.2. The van der Waals surface area contributed by atoms with Gasteiger partial charge >= 0.3 is 16.3 Å². The number of nitrogens with zero attached hydrogens (tertiary/aromatic N) is 4. The maximum absolute atomic E-state index is 13.5. The molecule has 0 saturated carbocycles. The van der Waals surface area contributed by atoms with Crippen LogP contribution in [-0.4, -0.2) is 81.0 Å². The van der Waals surface area contributed by atoms with Crippen molar-refractivity contribution in [3.63, 3.8) is 0 Å². The second-order valence-corrected chi connectivity index (χ2v) is 12.7. The molecular weight excluding hydrogens is 534 g/mol. The van der Waals surface area contributed by atoms with Gasteiger partial charge in [0.2, 0.25) is 6.29 Å². The van der Waals surface area contributed by atoms with E-state index in [4.69, 9.17) is 25.8 Å². The maximum atomic E-state index is 13.5. The number of halogens is 1. The smallest absolute Gasteiger partial charge is 0.407 e. The highest BCUT2D eigenvalue weighted by molar-refractivity contribution is 7.87. The van der Waals surface area contributed by atoms with Crippen molar-refractivity contribution in [1.29, 1.82) is 0 Å². The summed E-state index contributed by atoms with van der Waals surface area (Å²) in [7, 11) is 1.79. The Balaban J connectivity index is 2.13. The molecule has 11 nitrogen and oxygen atoms in total. The molecule has 1 atom stereocenters. The fraction of sp³-hybridized carbons (Fsp3) is 0.600. The van der Waals surface area contributed by atoms with Gasteiger partial charge in [-0.05, 0) is 45.2 Å². The Labute approximate surface area is 230 Å². The van der Waals surface area contributed by atoms with Crippen LogP contribution in [0.4, 0.5) is 10.6 Å². The first-order valence-electron chi connectivity index (χ1n) is 12.4. The fourth-order valence-corrected chi connectivity index (χ4v) is 5.48. The van der Waals surface area contributed by atoms with Crippen molar-refractivity contribution in [1.82, 2.24) is 18.8 Å². The Hall–Kier alpha value is -2.38. The van der Waals surface area contributed by atoms with E-state index >= 15 is 0 Å². The SMILES string of the molecule is COC(OC)c1nn(S(=O)(=O)N(C)C)c(N2CCC[C@@H](NC(=O)OC(C)(C)C)C2)c1Cc1ccccc1Cl. The number of aromatic nitrogens is 2. The Morgan fingerprint density at radius 2 is 1.89 bits per heavy atom. The summed E-state index contributed by atoms with van der Waals surface area (Å²) in [6.45, 7) is 6.31. The zero-order chi connectivity index (χ0) is 28.3. The van der Waals surface area contributed by atoms with E-state index in [0.29, 0.717) is 41.6 Å². The molecule has 1 fully saturated rings. The molecule has 1 aromatic carbocycles. The molecule has 38 heavy (non-hydrogen) atoms. The molecular formula is C25H38ClN5O6S. The summed E-state index contributed by atoms with van der Waals surface area (Å²) in [6, 6.07) is 7.10. The standard InChI is InChI=1S/C25H38ClN5O6S/c1-25(2,3)37-24(32)27-18-12-10-14-30(16-18)22-19(15-17-11-8-9-13-20(17)26)21(23(35-6)36-7)28-31(22)38(33,34)29(4)5/h8-9,11,13,18,23H,10,12,14-16H2,1-7H3,(H,27,32)/t18-/m1/s1. The van der Waals surface area contributed by atoms with Crippen LogP contribution in [-0.2, 0) is 30.8 Å². The average molecular weight is 572 g/mol. The van der Waals surface area contributed by atoms with Crippen LogP contribution in [0.1, 0.15) is 56.7 Å². The number of rotatable bonds is 9. The summed E-state index contributed by atoms with van der Waals surface area (Å²) in [5, 5.41) is 7.99. The molecule has 1 saturated heterocycles. The van der Waals surface area contributed by atoms with Crippen molar-refractivity contribution in [3.05, 3.63) is 46.1 Å². The number of carbonyl (C=O) groups is 1. The third-order valence-corrected chi connectivity index (χ3v) is 8.04. The lowest BCUT2D eigenvalue weighted by Gasteiger charge is -2.35. The molecule has 1 aromatic heterocycles. The molecule has 1 aliphatic heterocycles. The first-order valence-corrected chi connectivity index (χ1v) is 14.1. The predicted octanol–water partition coefficient (Wildman–Crippen LogP) is 3.57. The van der Waals surface area contributed by atoms with Crippen LogP contribution in [0.25, 0.3) is 0 Å². The van der Waals surface area contributed by atoms with Gasteiger partial charge in [-0.1, -0.05) is 29.8 Å². The number of alkyl carbamates (subject to hydrolysis) is 1. The quantitative estimate of drug-likeness (QED) is 0.454. The number of piperidine rings is 1. The minimum absolute atomic E-state index is 0.263. The predicted molar refractivity (Wildman–Crippen MR) is 146 cm³/mol. The van der Waals surface area contributed by atoms with E-state index in [-0.39, 0.29) is 12.5 Å². The number of nitrogens with one attached hydrogen (secondary N) is 1. The molecule has 1 aliphatic rings. The van der Waals surface area contributed by atoms with Crippen LogP contribution in [0.2, 0.25) is 5.02 Å². The lowest BCUT2D eigenvalue weighted by Crippen LogP contribution is -2.50. The number of anilines is 1. The molecule has 0 unspecified atom stereocenters. The molecule has 13 heteroatoms. The number of ether oxygens (including phenoxy) is 3. The Morgan fingerprint density at radius 3 is 2.47 bits per heavy atom. The summed E-state index contributed by atoms with van der Waals surface area (Å²) in [5.74, 6) is 0.378. The summed E-state index contributed by atoms with van der Waals surface area (Å²) < 4.78 is 45.6. The Bertz CT molecular complexity index is 1220. The minimum atomic E-state index is -4.03. The van der Waals surface area contributed by atoms with Crippen LogP contribution in [0.5, 0.6) is 0 Å². The van der Waals surface area contributed by atoms with Crippen LogP contribution >= 0.6 is 11.6 Å². The molecule has 3 rings (SSSR count). The highest BCUT2D eigenvalue weighted by atomic mass is 35.5. The van der Waals surface area contributed by atoms with Crippen LogP contribution < -0.4 is 10.2 Å². The monoisotopic (exact) mass is 571 g/mol. The van der Waals surface area contributed by atoms with E-state index in [1.807, 2.05) is 23.1 Å². The van der Waals surface area contributed by atoms with E-state index in [9.17, 15) is 13.2 Å². The summed E-state index contributed by atoms with van der Waals surface area (Å²) in [4.78, 5) is 14.4. The zero-order valence-corrected chi connectivity index (χ0v) is 24.6. The molecule has 1 N–H and O–H groups in total. The lowest BCUT2D eigenvalue weighted by atomic mass is 10.0. The van der Waals surface area contributed by atoms with Gasteiger partial charge in [-0.3, -0.25) is 0 Å². The number of hydrogen-bond donors (Lipinski definition) is 1. The maximum Gasteiger partial charge on any atom is 0.407 e. The Kier molecular flexibility index (Phi) is 9.69. The van der Waals surface area contributed by atoms with Crippen molar-refractivity contribution < 1.29 is 27.4 Å². The summed E-state index contributed by atoms with van der Waals surface area (Å²) >= 11 is 6.50. The molecule has 212 valence electrons. The number of methoxy groups -OCH3 is 2. The van der Waals surface area contributed by atoms with Gasteiger partial charge < -0.3 is 24.4 Å². The summed E-state index contributed by atoms with van der Waals surface area (Å²) in [6.07, 6.45) is 0.291. The second-order valence-electron chi connectivity index (χ2n) is 10.3. The normalized spacial score (nSPS) is 16.8. The topological polar surface area (TPSA) is 115 Å². The van der Waals surface area contributed by atoms with E-state index < -0.39 is 28.2 Å². The van der Waals surface area contributed by atoms with Gasteiger partial charge in [-0.15, -0.1) is 4.09 Å². The van der Waals surface area contributed by atoms with Gasteiger partial charge in [0.1, 0.15) is 17.1 Å². The third-order valence-electron chi connectivity index (χ3n) is 6.06. The third kappa shape index (κ3) is 6.97. The van der Waals surface area contributed by atoms with Crippen molar-refractivity contribution in [2.24, 2.45) is 0 Å². The average Bonchev–Trinajstić information content (AvgIpc) is 3.20. The molecule has 1 amide bonds. The largest absolute Gasteiger partial charge is 0.444 e. The van der Waals surface area contributed by atoms with Crippen LogP contribution in [0, 0.1) is 0 Å². The highest BCUT2D eigenvalue weighted by Crippen LogP contribution is 2.36. The molecule has 2 heterocycles. The van der Waals surface area contributed by atoms with Crippen molar-refractivity contribution in [3.8, 4) is 0 Å². The van der Waals surface area contributed by atoms with Gasteiger partial charge in [0.05, 0.1) is 0 Å². The molecule has 0 aliphatic carbocycles. The Morgan fingerprint density at radius 1 is 1.24 bits per heavy atom. The van der Waals surface area contributed by atoms with E-state index in [1.54, 1.807) is 26.8 Å². The van der Waals surface area contributed by atoms with Gasteiger partial charge in [0, 0.05) is 64.5 Å². The van der Waals surface area contributed by atoms with Crippen LogP contribution in [0.3, 0.4) is 0 Å². The molecule has 0 spiro atoms. The van der Waals surface area contributed by atoms with Crippen LogP contribution in [0.15, 0.2) is 24.3 Å². The van der Waals surface area contributed by atoms with Crippen molar-refractivity contribution >= 4 is 33.7 Å². The van der Waals surface area contributed by atoms with Gasteiger partial charge in [0.15, 0.2) is 0 Å². The molecule has 2 aromatic rings.